The van der Waals surface area contributed by atoms with Crippen molar-refractivity contribution in [2.75, 3.05) is 6.61 Å². The van der Waals surface area contributed by atoms with Crippen LogP contribution in [-0.4, -0.2) is 158 Å². The van der Waals surface area contributed by atoms with Gasteiger partial charge in [-0.05, 0) is 13.8 Å². The number of hydrogen-bond donors (Lipinski definition) is 14. The zero-order valence-corrected chi connectivity index (χ0v) is 11.9. The monoisotopic (exact) mass is 377 g/mol. The van der Waals surface area contributed by atoms with Crippen molar-refractivity contribution in [3.8, 4) is 0 Å². The second kappa shape index (κ2) is 28.2. The van der Waals surface area contributed by atoms with Gasteiger partial charge in [0.15, 0.2) is 0 Å². The molecule has 0 bridgehead atoms. The molecule has 19 heteroatoms. The summed E-state index contributed by atoms with van der Waals surface area (Å²) in [4.78, 5) is 0. The van der Waals surface area contributed by atoms with Crippen LogP contribution < -0.4 is 5.73 Å². The average molecular weight is 377 g/mol. The van der Waals surface area contributed by atoms with Gasteiger partial charge in [-0.1, -0.05) is 0 Å². The summed E-state index contributed by atoms with van der Waals surface area (Å²) in [6.07, 6.45) is 0. The van der Waals surface area contributed by atoms with Gasteiger partial charge in [0.25, 0.3) is 0 Å². The molecule has 0 fully saturated rings. The van der Waals surface area contributed by atoms with E-state index in [1.165, 1.54) is 0 Å². The molecule has 0 heterocycles. The van der Waals surface area contributed by atoms with Crippen LogP contribution in [0.25, 0.3) is 0 Å². The van der Waals surface area contributed by atoms with Crippen LogP contribution in [-0.2, 0) is 0 Å². The van der Waals surface area contributed by atoms with E-state index in [2.05, 4.69) is 0 Å². The molecule has 0 spiro atoms. The Labute approximate surface area is 176 Å². The maximum atomic E-state index is 8.28. The van der Waals surface area contributed by atoms with E-state index in [4.69, 9.17) is 71.1 Å². The third kappa shape index (κ3) is 565. The van der Waals surface area contributed by atoms with Gasteiger partial charge in [0.05, 0.1) is 6.61 Å². The fourth-order valence-corrected chi connectivity index (χ4v) is 0. The third-order valence-electron chi connectivity index (χ3n) is 0.408. The molecule has 0 aromatic carbocycles. The Balaban J connectivity index is -0.0000000393. The van der Waals surface area contributed by atoms with Gasteiger partial charge in [-0.3, -0.25) is 0 Å². The number of aliphatic hydroxyl groups excluding tert-OH is 1. The molecule has 0 rings (SSSR count). The van der Waals surface area contributed by atoms with E-state index in [-0.39, 0.29) is 58.0 Å². The molecule has 14 nitrogen and oxygen atoms in total. The molecule has 0 aromatic heterocycles. The molecule has 136 valence electrons. The van der Waals surface area contributed by atoms with Crippen molar-refractivity contribution < 1.29 is 65.4 Å². The molecule has 23 heavy (non-hydrogen) atoms. The summed E-state index contributed by atoms with van der Waals surface area (Å²) in [5.41, 5.74) is 4.88. The van der Waals surface area contributed by atoms with Crippen LogP contribution in [0.15, 0.2) is 0 Å². The molecule has 15 N–H and O–H groups in total. The van der Waals surface area contributed by atoms with Crippen LogP contribution in [0.4, 0.5) is 0 Å². The molecule has 0 aromatic rings. The van der Waals surface area contributed by atoms with E-state index in [1.807, 2.05) is 0 Å². The van der Waals surface area contributed by atoms with Gasteiger partial charge in [0, 0.05) is 5.54 Å². The van der Waals surface area contributed by atoms with Crippen LogP contribution in [0, 0.1) is 0 Å². The van der Waals surface area contributed by atoms with Crippen molar-refractivity contribution in [2.45, 2.75) is 19.4 Å². The van der Waals surface area contributed by atoms with Crippen LogP contribution in [0.5, 0.6) is 0 Å². The fraction of sp³-hybridized carbons (Fsp3) is 1.00. The van der Waals surface area contributed by atoms with Crippen molar-refractivity contribution in [3.05, 3.63) is 0 Å². The van der Waals surface area contributed by atoms with Crippen LogP contribution in [0.3, 0.4) is 0 Å². The number of rotatable bonds is 1. The Hall–Kier alpha value is 1.34. The Morgan fingerprint density at radius 2 is 0.652 bits per heavy atom. The summed E-state index contributed by atoms with van der Waals surface area (Å²) < 4.78 is 0. The van der Waals surface area contributed by atoms with Gasteiger partial charge in [0.1, 0.15) is 0 Å². The van der Waals surface area contributed by atoms with Gasteiger partial charge < -0.3 is 71.1 Å². The van der Waals surface area contributed by atoms with Gasteiger partial charge in [-0.25, -0.2) is 0 Å². The summed E-state index contributed by atoms with van der Waals surface area (Å²) in [6.45, 7) is 3.59. The second-order valence-electron chi connectivity index (χ2n) is 3.53. The summed E-state index contributed by atoms with van der Waals surface area (Å²) in [5.74, 6) is 0. The Morgan fingerprint density at radius 1 is 0.609 bits per heavy atom. The van der Waals surface area contributed by atoms with Crippen molar-refractivity contribution in [1.82, 2.24) is 0 Å². The molecule has 0 saturated carbocycles. The Kier molecular flexibility index (Phi) is 48.2. The standard InChI is InChI=1S/C4H11NO.4BH3O3.K.H/c1-4(2,5)3-6;4*2-1(3)4;;/h6H,3,5H2,1-2H3;4*2-4H;;. The van der Waals surface area contributed by atoms with E-state index < -0.39 is 34.8 Å². The van der Waals surface area contributed by atoms with Crippen molar-refractivity contribution in [2.24, 2.45) is 5.73 Å². The first-order valence-electron chi connectivity index (χ1n) is 5.06. The van der Waals surface area contributed by atoms with Gasteiger partial charge in [0.2, 0.25) is 0 Å². The van der Waals surface area contributed by atoms with E-state index in [0.717, 1.165) is 0 Å². The fourth-order valence-electron chi connectivity index (χ4n) is 0. The molecule has 0 atom stereocenters. The number of hydrogen-bond acceptors (Lipinski definition) is 14. The zero-order chi connectivity index (χ0) is 19.5. The number of nitrogens with two attached hydrogens (primary N) is 1. The Bertz CT molecular complexity index is 149. The molecule has 0 amide bonds. The third-order valence-corrected chi connectivity index (χ3v) is 0.408. The molecule has 0 aliphatic heterocycles. The zero-order valence-electron chi connectivity index (χ0n) is 11.9. The van der Waals surface area contributed by atoms with Crippen LogP contribution >= 0.6 is 0 Å². The van der Waals surface area contributed by atoms with E-state index >= 15 is 0 Å². The quantitative estimate of drug-likeness (QED) is 0.189. The normalized spacial score (nSPS) is 7.83. The first-order valence-corrected chi connectivity index (χ1v) is 5.06. The molecule has 0 saturated heterocycles. The minimum absolute atomic E-state index is 0. The van der Waals surface area contributed by atoms with Crippen molar-refractivity contribution in [3.63, 3.8) is 0 Å². The van der Waals surface area contributed by atoms with Crippen LogP contribution in [0.1, 0.15) is 13.8 Å². The topological polar surface area (TPSA) is 289 Å². The second-order valence-corrected chi connectivity index (χ2v) is 3.53. The van der Waals surface area contributed by atoms with Gasteiger partial charge in [-0.2, -0.15) is 0 Å². The number of aliphatic hydroxyl groups is 1. The molecule has 0 aliphatic rings. The summed E-state index contributed by atoms with van der Waals surface area (Å²) in [6, 6.07) is 0. The van der Waals surface area contributed by atoms with Crippen LogP contribution in [0.2, 0.25) is 0 Å². The summed E-state index contributed by atoms with van der Waals surface area (Å²) >= 11 is 0. The first-order chi connectivity index (χ1) is 9.49. The maximum absolute atomic E-state index is 8.28. The predicted octanol–water partition coefficient (Wildman–Crippen LogP) is -9.14. The van der Waals surface area contributed by atoms with Crippen molar-refractivity contribution in [1.29, 1.82) is 0 Å². The molecular formula is C4H24B4KNO13. The first kappa shape index (κ1) is 39.4. The summed E-state index contributed by atoms with van der Waals surface area (Å²) in [7, 11) is -8.67. The molecule has 0 radical (unpaired) electrons. The predicted molar refractivity (Wildman–Crippen MR) is 82.1 cm³/mol. The molecular weight excluding hydrogens is 352 g/mol. The van der Waals surface area contributed by atoms with Gasteiger partial charge >= 0.3 is 80.7 Å². The van der Waals surface area contributed by atoms with E-state index in [1.54, 1.807) is 13.8 Å². The van der Waals surface area contributed by atoms with Gasteiger partial charge in [-0.15, -0.1) is 0 Å². The summed E-state index contributed by atoms with van der Waals surface area (Å²) in [5, 5.41) is 94.3. The Morgan fingerprint density at radius 3 is 0.652 bits per heavy atom. The molecule has 0 unspecified atom stereocenters. The minimum atomic E-state index is -2.17. The SMILES string of the molecule is CC(C)(N)CO.OB(O)O.OB(O)O.OB(O)O.OB(O)O.[KH]. The average Bonchev–Trinajstić information content (AvgIpc) is 2.12. The molecule has 0 aliphatic carbocycles. The van der Waals surface area contributed by atoms with E-state index in [9.17, 15) is 0 Å². The van der Waals surface area contributed by atoms with E-state index in [0.29, 0.717) is 0 Å². The van der Waals surface area contributed by atoms with Crippen molar-refractivity contribution >= 4 is 80.7 Å².